The summed E-state index contributed by atoms with van der Waals surface area (Å²) < 4.78 is 9.65. The van der Waals surface area contributed by atoms with Crippen molar-refractivity contribution in [1.29, 1.82) is 0 Å². The van der Waals surface area contributed by atoms with Gasteiger partial charge in [-0.05, 0) is 49.9 Å². The zero-order chi connectivity index (χ0) is 19.4. The number of aromatic nitrogens is 3. The van der Waals surface area contributed by atoms with Gasteiger partial charge in [-0.2, -0.15) is 0 Å². The lowest BCUT2D eigenvalue weighted by atomic mass is 10.2. The van der Waals surface area contributed by atoms with Crippen molar-refractivity contribution in [2.24, 2.45) is 0 Å². The predicted octanol–water partition coefficient (Wildman–Crippen LogP) is 4.67. The largest absolute Gasteiger partial charge is 0.491 e. The van der Waals surface area contributed by atoms with Crippen LogP contribution < -0.4 is 15.4 Å². The fourth-order valence-corrected chi connectivity index (χ4v) is 5.33. The van der Waals surface area contributed by atoms with Crippen molar-refractivity contribution in [3.05, 3.63) is 30.3 Å². The normalized spacial score (nSPS) is 16.9. The van der Waals surface area contributed by atoms with Crippen LogP contribution >= 0.6 is 11.3 Å². The van der Waals surface area contributed by atoms with E-state index in [1.807, 2.05) is 6.07 Å². The number of hydrogen-bond donors (Lipinski definition) is 1. The van der Waals surface area contributed by atoms with Crippen LogP contribution in [0.2, 0.25) is 0 Å². The fraction of sp³-hybridized carbons (Fsp3) is 0.364. The summed E-state index contributed by atoms with van der Waals surface area (Å²) in [5.74, 6) is 1.96. The summed E-state index contributed by atoms with van der Waals surface area (Å²) in [6.07, 6.45) is 4.65. The average molecular weight is 406 g/mol. The molecule has 29 heavy (non-hydrogen) atoms. The highest BCUT2D eigenvalue weighted by Crippen LogP contribution is 2.38. The van der Waals surface area contributed by atoms with E-state index in [9.17, 15) is 0 Å². The topological polar surface area (TPSA) is 69.2 Å². The second-order valence-electron chi connectivity index (χ2n) is 7.88. The molecule has 0 spiro atoms. The maximum atomic E-state index is 6.21. The maximum absolute atomic E-state index is 6.21. The molecule has 0 bridgehead atoms. The number of nitrogens with zero attached hydrogens (tertiary/aromatic N) is 4. The Kier molecular flexibility index (Phi) is 3.90. The Bertz CT molecular complexity index is 1220. The Morgan fingerprint density at radius 1 is 0.931 bits per heavy atom. The number of fused-ring (bicyclic) bond motifs is 1. The van der Waals surface area contributed by atoms with Gasteiger partial charge in [-0.25, -0.2) is 9.97 Å². The van der Waals surface area contributed by atoms with Crippen LogP contribution in [0, 0.1) is 0 Å². The molecule has 0 saturated carbocycles. The number of nitrogens with two attached hydrogens (primary N) is 1. The van der Waals surface area contributed by atoms with Crippen molar-refractivity contribution in [3.8, 4) is 17.1 Å². The first-order valence-corrected chi connectivity index (χ1v) is 11.2. The monoisotopic (exact) mass is 405 g/mol. The Morgan fingerprint density at radius 2 is 1.79 bits per heavy atom. The van der Waals surface area contributed by atoms with E-state index in [0.29, 0.717) is 5.13 Å². The van der Waals surface area contributed by atoms with Gasteiger partial charge in [0.1, 0.15) is 17.1 Å². The number of nitrogen functional groups attached to an aromatic ring is 1. The number of rotatable bonds is 2. The third-order valence-electron chi connectivity index (χ3n) is 5.96. The lowest BCUT2D eigenvalue weighted by Crippen LogP contribution is -2.18. The summed E-state index contributed by atoms with van der Waals surface area (Å²) >= 11 is 1.52. The molecule has 7 heteroatoms. The van der Waals surface area contributed by atoms with E-state index in [1.165, 1.54) is 29.9 Å². The number of hydrogen-bond acceptors (Lipinski definition) is 6. The fourth-order valence-electron chi connectivity index (χ4n) is 4.56. The minimum atomic E-state index is 0.603. The van der Waals surface area contributed by atoms with Gasteiger partial charge in [0.25, 0.3) is 0 Å². The third kappa shape index (κ3) is 2.83. The van der Waals surface area contributed by atoms with Crippen molar-refractivity contribution < 1.29 is 4.74 Å². The minimum Gasteiger partial charge on any atom is -0.491 e. The predicted molar refractivity (Wildman–Crippen MR) is 119 cm³/mol. The highest BCUT2D eigenvalue weighted by molar-refractivity contribution is 7.22. The van der Waals surface area contributed by atoms with Crippen LogP contribution in [-0.4, -0.2) is 34.2 Å². The molecule has 148 valence electrons. The van der Waals surface area contributed by atoms with Crippen LogP contribution in [-0.2, 0) is 6.54 Å². The number of aryl methyl sites for hydroxylation is 1. The van der Waals surface area contributed by atoms with Crippen LogP contribution in [0.25, 0.3) is 32.6 Å². The Hall–Kier alpha value is -2.80. The summed E-state index contributed by atoms with van der Waals surface area (Å²) in [6.45, 7) is 3.95. The highest BCUT2D eigenvalue weighted by Gasteiger charge is 2.22. The van der Waals surface area contributed by atoms with Gasteiger partial charge in [0.15, 0.2) is 5.13 Å². The summed E-state index contributed by atoms with van der Waals surface area (Å²) in [6, 6.07) is 10.8. The second kappa shape index (κ2) is 6.62. The van der Waals surface area contributed by atoms with Crippen molar-refractivity contribution >= 4 is 43.4 Å². The van der Waals surface area contributed by atoms with Gasteiger partial charge in [-0.1, -0.05) is 11.3 Å². The van der Waals surface area contributed by atoms with Gasteiger partial charge >= 0.3 is 0 Å². The maximum Gasteiger partial charge on any atom is 0.181 e. The molecular formula is C22H23N5OS. The van der Waals surface area contributed by atoms with E-state index >= 15 is 0 Å². The van der Waals surface area contributed by atoms with Crippen molar-refractivity contribution in [3.63, 3.8) is 0 Å². The van der Waals surface area contributed by atoms with Crippen LogP contribution in [0.1, 0.15) is 25.7 Å². The van der Waals surface area contributed by atoms with Gasteiger partial charge in [0.05, 0.1) is 22.3 Å². The smallest absolute Gasteiger partial charge is 0.181 e. The molecule has 0 aliphatic carbocycles. The molecule has 4 aromatic rings. The minimum absolute atomic E-state index is 0.603. The summed E-state index contributed by atoms with van der Waals surface area (Å²) in [5.41, 5.74) is 11.3. The number of imidazole rings is 1. The summed E-state index contributed by atoms with van der Waals surface area (Å²) in [4.78, 5) is 11.9. The average Bonchev–Trinajstić information content (AvgIpc) is 3.42. The van der Waals surface area contributed by atoms with E-state index < -0.39 is 0 Å². The van der Waals surface area contributed by atoms with Crippen molar-refractivity contribution in [2.75, 3.05) is 30.3 Å². The molecule has 6 nitrogen and oxygen atoms in total. The zero-order valence-corrected chi connectivity index (χ0v) is 17.0. The van der Waals surface area contributed by atoms with Gasteiger partial charge in [-0.15, -0.1) is 0 Å². The van der Waals surface area contributed by atoms with Gasteiger partial charge in [0, 0.05) is 37.0 Å². The first kappa shape index (κ1) is 17.1. The van der Waals surface area contributed by atoms with E-state index in [1.54, 1.807) is 0 Å². The molecule has 2 aliphatic heterocycles. The molecule has 2 aromatic carbocycles. The molecule has 2 aliphatic rings. The molecule has 0 radical (unpaired) electrons. The number of anilines is 2. The first-order valence-electron chi connectivity index (χ1n) is 10.3. The number of benzene rings is 2. The molecule has 1 fully saturated rings. The molecule has 0 atom stereocenters. The van der Waals surface area contributed by atoms with E-state index in [-0.39, 0.29) is 0 Å². The quantitative estimate of drug-likeness (QED) is 0.525. The number of ether oxygens (including phenoxy) is 1. The first-order chi connectivity index (χ1) is 14.3. The molecule has 0 amide bonds. The second-order valence-corrected chi connectivity index (χ2v) is 8.95. The summed E-state index contributed by atoms with van der Waals surface area (Å²) in [7, 11) is 0. The van der Waals surface area contributed by atoms with Gasteiger partial charge in [-0.3, -0.25) is 0 Å². The Labute approximate surface area is 172 Å². The van der Waals surface area contributed by atoms with E-state index in [2.05, 4.69) is 38.7 Å². The highest BCUT2D eigenvalue weighted by atomic mass is 32.1. The van der Waals surface area contributed by atoms with Crippen LogP contribution in [0.15, 0.2) is 30.3 Å². The van der Waals surface area contributed by atoms with Crippen molar-refractivity contribution in [2.45, 2.75) is 32.2 Å². The van der Waals surface area contributed by atoms with Crippen LogP contribution in [0.3, 0.4) is 0 Å². The molecule has 6 rings (SSSR count). The van der Waals surface area contributed by atoms with Crippen LogP contribution in [0.5, 0.6) is 5.75 Å². The lowest BCUT2D eigenvalue weighted by Gasteiger charge is -2.21. The van der Waals surface area contributed by atoms with Crippen LogP contribution in [0.4, 0.5) is 10.8 Å². The van der Waals surface area contributed by atoms with E-state index in [4.69, 9.17) is 15.5 Å². The molecule has 4 heterocycles. The Balaban J connectivity index is 1.56. The molecule has 2 N–H and O–H groups in total. The SMILES string of the molecule is Nc1nc2ccc(-c3nc4cc(N5CCCC5)cc5c4n3CCCCO5)cc2s1. The van der Waals surface area contributed by atoms with Crippen molar-refractivity contribution in [1.82, 2.24) is 14.5 Å². The molecule has 1 saturated heterocycles. The summed E-state index contributed by atoms with van der Waals surface area (Å²) in [5, 5.41) is 0.603. The molecular weight excluding hydrogens is 382 g/mol. The molecule has 2 aromatic heterocycles. The third-order valence-corrected chi connectivity index (χ3v) is 6.81. The Morgan fingerprint density at radius 3 is 2.69 bits per heavy atom. The van der Waals surface area contributed by atoms with Gasteiger partial charge in [0.2, 0.25) is 0 Å². The number of thiazole rings is 1. The van der Waals surface area contributed by atoms with Gasteiger partial charge < -0.3 is 19.9 Å². The lowest BCUT2D eigenvalue weighted by molar-refractivity contribution is 0.299. The molecule has 0 unspecified atom stereocenters. The zero-order valence-electron chi connectivity index (χ0n) is 16.2. The van der Waals surface area contributed by atoms with E-state index in [0.717, 1.165) is 77.5 Å². The standard InChI is InChI=1S/C22H23N5OS/c23-22-25-16-6-5-14(11-19(16)29-22)21-24-17-12-15(26-7-1-2-8-26)13-18-20(17)27(21)9-3-4-10-28-18/h5-6,11-13H,1-4,7-10H2,(H2,23,25).